The topological polar surface area (TPSA) is 23.6 Å². The highest BCUT2D eigenvalue weighted by Crippen LogP contribution is 2.37. The van der Waals surface area contributed by atoms with Crippen molar-refractivity contribution in [2.45, 2.75) is 76.6 Å². The first-order valence-electron chi connectivity index (χ1n) is 9.45. The molecule has 1 aliphatic heterocycles. The van der Waals surface area contributed by atoms with E-state index in [2.05, 4.69) is 11.8 Å². The van der Waals surface area contributed by atoms with E-state index < -0.39 is 12.7 Å². The molecule has 0 bridgehead atoms. The van der Waals surface area contributed by atoms with Crippen molar-refractivity contribution in [3.8, 4) is 0 Å². The van der Waals surface area contributed by atoms with Crippen LogP contribution in [0.15, 0.2) is 0 Å². The average molecular weight is 346 g/mol. The highest BCUT2D eigenvalue weighted by atomic mass is 19.4. The monoisotopic (exact) mass is 346 g/mol. The predicted molar refractivity (Wildman–Crippen MR) is 86.5 cm³/mol. The second-order valence-electron chi connectivity index (χ2n) is 8.06. The van der Waals surface area contributed by atoms with E-state index in [0.717, 1.165) is 31.6 Å². The van der Waals surface area contributed by atoms with Crippen molar-refractivity contribution in [3.05, 3.63) is 0 Å². The summed E-state index contributed by atoms with van der Waals surface area (Å²) in [6.07, 6.45) is 3.76. The normalized spacial score (nSPS) is 30.3. The molecule has 1 heterocycles. The van der Waals surface area contributed by atoms with Crippen molar-refractivity contribution in [3.63, 3.8) is 0 Å². The van der Waals surface area contributed by atoms with Crippen molar-refractivity contribution in [2.75, 3.05) is 19.6 Å². The van der Waals surface area contributed by atoms with Crippen LogP contribution in [0.3, 0.4) is 0 Å². The summed E-state index contributed by atoms with van der Waals surface area (Å²) in [5.74, 6) is 0.904. The Kier molecular flexibility index (Phi) is 5.42. The summed E-state index contributed by atoms with van der Waals surface area (Å²) in [5, 5.41) is 0. The Morgan fingerprint density at radius 3 is 1.92 bits per heavy atom. The average Bonchev–Trinajstić information content (AvgIpc) is 3.33. The second kappa shape index (κ2) is 7.22. The van der Waals surface area contributed by atoms with E-state index in [-0.39, 0.29) is 11.8 Å². The molecule has 3 aliphatic rings. The molecular weight excluding hydrogens is 317 g/mol. The lowest BCUT2D eigenvalue weighted by Crippen LogP contribution is -2.49. The number of carbonyl (C=O) groups is 1. The van der Waals surface area contributed by atoms with Gasteiger partial charge in [0.1, 0.15) is 0 Å². The molecule has 0 radical (unpaired) electrons. The van der Waals surface area contributed by atoms with Gasteiger partial charge < -0.3 is 4.90 Å². The van der Waals surface area contributed by atoms with Crippen molar-refractivity contribution in [2.24, 2.45) is 11.8 Å². The van der Waals surface area contributed by atoms with Crippen LogP contribution in [0, 0.1) is 11.8 Å². The number of amides is 1. The van der Waals surface area contributed by atoms with E-state index in [1.807, 2.05) is 0 Å². The Morgan fingerprint density at radius 2 is 1.46 bits per heavy atom. The standard InChI is InChI=1S/C18H29F3N2O/c1-13-2-4-15(5-3-13)23(16-6-7-16)17(24)14-8-10-22(11-9-14)12-18(19,20)21/h13-16H,2-12H2,1H3. The van der Waals surface area contributed by atoms with Crippen LogP contribution < -0.4 is 0 Å². The third-order valence-corrected chi connectivity index (χ3v) is 5.91. The fourth-order valence-corrected chi connectivity index (χ4v) is 4.33. The Morgan fingerprint density at radius 1 is 0.958 bits per heavy atom. The zero-order chi connectivity index (χ0) is 17.3. The van der Waals surface area contributed by atoms with Crippen molar-refractivity contribution in [1.82, 2.24) is 9.80 Å². The van der Waals surface area contributed by atoms with Crippen LogP contribution in [0.5, 0.6) is 0 Å². The molecule has 3 fully saturated rings. The van der Waals surface area contributed by atoms with Gasteiger partial charge in [0, 0.05) is 18.0 Å². The number of alkyl halides is 3. The molecule has 0 N–H and O–H groups in total. The van der Waals surface area contributed by atoms with Crippen LogP contribution in [-0.4, -0.2) is 53.6 Å². The highest BCUT2D eigenvalue weighted by molar-refractivity contribution is 5.80. The molecular formula is C18H29F3N2O. The van der Waals surface area contributed by atoms with Gasteiger partial charge in [-0.2, -0.15) is 13.2 Å². The van der Waals surface area contributed by atoms with Crippen LogP contribution in [0.2, 0.25) is 0 Å². The molecule has 138 valence electrons. The maximum absolute atomic E-state index is 13.0. The fourth-order valence-electron chi connectivity index (χ4n) is 4.33. The van der Waals surface area contributed by atoms with Gasteiger partial charge in [-0.05, 0) is 70.4 Å². The van der Waals surface area contributed by atoms with Gasteiger partial charge in [0.05, 0.1) is 6.54 Å². The molecule has 0 aromatic rings. The summed E-state index contributed by atoms with van der Waals surface area (Å²) < 4.78 is 37.5. The van der Waals surface area contributed by atoms with Crippen molar-refractivity contribution in [1.29, 1.82) is 0 Å². The lowest BCUT2D eigenvalue weighted by Gasteiger charge is -2.40. The highest BCUT2D eigenvalue weighted by Gasteiger charge is 2.42. The van der Waals surface area contributed by atoms with Crippen LogP contribution in [-0.2, 0) is 4.79 Å². The van der Waals surface area contributed by atoms with Crippen LogP contribution in [0.4, 0.5) is 13.2 Å². The van der Waals surface area contributed by atoms with Gasteiger partial charge in [-0.1, -0.05) is 6.92 Å². The number of rotatable bonds is 4. The Balaban J connectivity index is 1.55. The first-order chi connectivity index (χ1) is 11.3. The van der Waals surface area contributed by atoms with Crippen molar-refractivity contribution >= 4 is 5.91 Å². The Hall–Kier alpha value is -0.780. The molecule has 2 aliphatic carbocycles. The lowest BCUT2D eigenvalue weighted by atomic mass is 9.85. The minimum atomic E-state index is -4.14. The molecule has 0 spiro atoms. The molecule has 24 heavy (non-hydrogen) atoms. The maximum atomic E-state index is 13.0. The van der Waals surface area contributed by atoms with Crippen LogP contribution in [0.25, 0.3) is 0 Å². The second-order valence-corrected chi connectivity index (χ2v) is 8.06. The number of piperidine rings is 1. The van der Waals surface area contributed by atoms with E-state index in [1.54, 1.807) is 0 Å². The SMILES string of the molecule is CC1CCC(N(C(=O)C2CCN(CC(F)(F)F)CC2)C2CC2)CC1. The van der Waals surface area contributed by atoms with Gasteiger partial charge >= 0.3 is 6.18 Å². The summed E-state index contributed by atoms with van der Waals surface area (Å²) in [4.78, 5) is 16.6. The third kappa shape index (κ3) is 4.64. The van der Waals surface area contributed by atoms with Gasteiger partial charge in [-0.3, -0.25) is 9.69 Å². The molecule has 6 heteroatoms. The predicted octanol–water partition coefficient (Wildman–Crippen LogP) is 3.83. The van der Waals surface area contributed by atoms with E-state index in [4.69, 9.17) is 0 Å². The number of likely N-dealkylation sites (tertiary alicyclic amines) is 1. The number of hydrogen-bond acceptors (Lipinski definition) is 2. The van der Waals surface area contributed by atoms with Gasteiger partial charge in [-0.15, -0.1) is 0 Å². The molecule has 0 aromatic carbocycles. The summed E-state index contributed by atoms with van der Waals surface area (Å²) in [6.45, 7) is 2.20. The van der Waals surface area contributed by atoms with E-state index in [1.165, 1.54) is 17.7 Å². The number of halogens is 3. The molecule has 2 saturated carbocycles. The summed E-state index contributed by atoms with van der Waals surface area (Å²) in [5.41, 5.74) is 0. The van der Waals surface area contributed by atoms with Crippen LogP contribution in [0.1, 0.15) is 58.3 Å². The van der Waals surface area contributed by atoms with Gasteiger partial charge in [0.15, 0.2) is 0 Å². The minimum Gasteiger partial charge on any atom is -0.336 e. The summed E-state index contributed by atoms with van der Waals surface area (Å²) in [7, 11) is 0. The Bertz CT molecular complexity index is 434. The number of hydrogen-bond donors (Lipinski definition) is 0. The lowest BCUT2D eigenvalue weighted by molar-refractivity contribution is -0.152. The zero-order valence-corrected chi connectivity index (χ0v) is 14.5. The first kappa shape index (κ1) is 18.0. The van der Waals surface area contributed by atoms with E-state index >= 15 is 0 Å². The first-order valence-corrected chi connectivity index (χ1v) is 9.45. The van der Waals surface area contributed by atoms with E-state index in [0.29, 0.717) is 38.0 Å². The molecule has 0 aromatic heterocycles. The largest absolute Gasteiger partial charge is 0.401 e. The third-order valence-electron chi connectivity index (χ3n) is 5.91. The summed E-state index contributed by atoms with van der Waals surface area (Å²) >= 11 is 0. The zero-order valence-electron chi connectivity index (χ0n) is 14.5. The minimum absolute atomic E-state index is 0.0746. The van der Waals surface area contributed by atoms with Crippen LogP contribution >= 0.6 is 0 Å². The quantitative estimate of drug-likeness (QED) is 0.772. The Labute approximate surface area is 142 Å². The number of carbonyl (C=O) groups excluding carboxylic acids is 1. The molecule has 0 atom stereocenters. The fraction of sp³-hybridized carbons (Fsp3) is 0.944. The smallest absolute Gasteiger partial charge is 0.336 e. The molecule has 1 amide bonds. The van der Waals surface area contributed by atoms with Gasteiger partial charge in [-0.25, -0.2) is 0 Å². The molecule has 0 unspecified atom stereocenters. The van der Waals surface area contributed by atoms with Crippen molar-refractivity contribution < 1.29 is 18.0 Å². The number of nitrogens with zero attached hydrogens (tertiary/aromatic N) is 2. The van der Waals surface area contributed by atoms with E-state index in [9.17, 15) is 18.0 Å². The molecule has 3 nitrogen and oxygen atoms in total. The molecule has 3 rings (SSSR count). The van der Waals surface area contributed by atoms with Gasteiger partial charge in [0.25, 0.3) is 0 Å². The molecule has 1 saturated heterocycles. The van der Waals surface area contributed by atoms with Gasteiger partial charge in [0.2, 0.25) is 5.91 Å². The summed E-state index contributed by atoms with van der Waals surface area (Å²) in [6, 6.07) is 0.776. The maximum Gasteiger partial charge on any atom is 0.401 e.